The maximum absolute atomic E-state index is 10.9. The van der Waals surface area contributed by atoms with Crippen LogP contribution in [0.2, 0.25) is 0 Å². The molecule has 1 aromatic rings. The van der Waals surface area contributed by atoms with Gasteiger partial charge in [-0.05, 0) is 46.0 Å². The lowest BCUT2D eigenvalue weighted by molar-refractivity contribution is -0.385. The first-order valence-corrected chi connectivity index (χ1v) is 6.27. The summed E-state index contributed by atoms with van der Waals surface area (Å²) < 4.78 is 0. The molecule has 2 rings (SSSR count). The van der Waals surface area contributed by atoms with Gasteiger partial charge in [0, 0.05) is 23.4 Å². The summed E-state index contributed by atoms with van der Waals surface area (Å²) in [6.45, 7) is 3.95. The molecule has 1 aromatic carbocycles. The first-order valence-electron chi connectivity index (χ1n) is 6.27. The summed E-state index contributed by atoms with van der Waals surface area (Å²) >= 11 is 0. The normalized spacial score (nSPS) is 17.7. The van der Waals surface area contributed by atoms with Gasteiger partial charge in [-0.1, -0.05) is 6.07 Å². The van der Waals surface area contributed by atoms with Gasteiger partial charge in [0.25, 0.3) is 5.69 Å². The summed E-state index contributed by atoms with van der Waals surface area (Å²) in [5.41, 5.74) is 1.80. The van der Waals surface area contributed by atoms with Gasteiger partial charge in [-0.15, -0.1) is 0 Å². The average molecular weight is 249 g/mol. The zero-order valence-electron chi connectivity index (χ0n) is 10.8. The number of nitro groups is 1. The van der Waals surface area contributed by atoms with E-state index in [0.29, 0.717) is 6.04 Å². The standard InChI is InChI=1S/C13H19N3O2/c1-10-12(4-3-5-13(10)16(17)18)14-11-6-8-15(2)9-7-11/h3-5,11,14H,6-9H2,1-2H3. The summed E-state index contributed by atoms with van der Waals surface area (Å²) in [5.74, 6) is 0. The van der Waals surface area contributed by atoms with E-state index in [0.717, 1.165) is 37.2 Å². The first kappa shape index (κ1) is 12.8. The molecule has 1 aliphatic rings. The first-order chi connectivity index (χ1) is 8.58. The Hall–Kier alpha value is -1.62. The zero-order valence-corrected chi connectivity index (χ0v) is 10.8. The molecule has 0 aromatic heterocycles. The fraction of sp³-hybridized carbons (Fsp3) is 0.538. The summed E-state index contributed by atoms with van der Waals surface area (Å²) in [7, 11) is 2.12. The highest BCUT2D eigenvalue weighted by atomic mass is 16.6. The largest absolute Gasteiger partial charge is 0.382 e. The van der Waals surface area contributed by atoms with Crippen LogP contribution in [0.5, 0.6) is 0 Å². The Kier molecular flexibility index (Phi) is 3.81. The van der Waals surface area contributed by atoms with Gasteiger partial charge >= 0.3 is 0 Å². The van der Waals surface area contributed by atoms with Gasteiger partial charge in [0.1, 0.15) is 0 Å². The molecular formula is C13H19N3O2. The second kappa shape index (κ2) is 5.35. The molecule has 1 saturated heterocycles. The van der Waals surface area contributed by atoms with E-state index < -0.39 is 0 Å². The second-order valence-electron chi connectivity index (χ2n) is 4.93. The van der Waals surface area contributed by atoms with Gasteiger partial charge in [-0.3, -0.25) is 10.1 Å². The Morgan fingerprint density at radius 3 is 2.67 bits per heavy atom. The number of nitro benzene ring substituents is 1. The lowest BCUT2D eigenvalue weighted by Gasteiger charge is -2.30. The Labute approximate surface area is 107 Å². The molecule has 18 heavy (non-hydrogen) atoms. The molecule has 0 bridgehead atoms. The summed E-state index contributed by atoms with van der Waals surface area (Å²) in [4.78, 5) is 12.9. The van der Waals surface area contributed by atoms with Crippen molar-refractivity contribution in [3.63, 3.8) is 0 Å². The van der Waals surface area contributed by atoms with Crippen LogP contribution in [-0.2, 0) is 0 Å². The van der Waals surface area contributed by atoms with Gasteiger partial charge < -0.3 is 10.2 Å². The van der Waals surface area contributed by atoms with E-state index in [4.69, 9.17) is 0 Å². The Bertz CT molecular complexity index is 440. The monoisotopic (exact) mass is 249 g/mol. The molecule has 0 aliphatic carbocycles. The quantitative estimate of drug-likeness (QED) is 0.660. The fourth-order valence-electron chi connectivity index (χ4n) is 2.35. The van der Waals surface area contributed by atoms with Crippen molar-refractivity contribution in [3.8, 4) is 0 Å². The molecule has 1 N–H and O–H groups in total. The second-order valence-corrected chi connectivity index (χ2v) is 4.93. The van der Waals surface area contributed by atoms with E-state index in [1.807, 2.05) is 6.07 Å². The average Bonchev–Trinajstić information content (AvgIpc) is 2.34. The molecule has 0 atom stereocenters. The number of hydrogen-bond donors (Lipinski definition) is 1. The number of likely N-dealkylation sites (tertiary alicyclic amines) is 1. The number of hydrogen-bond acceptors (Lipinski definition) is 4. The van der Waals surface area contributed by atoms with Crippen LogP contribution in [0, 0.1) is 17.0 Å². The van der Waals surface area contributed by atoms with Gasteiger partial charge in [-0.25, -0.2) is 0 Å². The van der Waals surface area contributed by atoms with Gasteiger partial charge in [0.2, 0.25) is 0 Å². The minimum Gasteiger partial charge on any atom is -0.382 e. The minimum atomic E-state index is -0.324. The van der Waals surface area contributed by atoms with Crippen LogP contribution in [0.25, 0.3) is 0 Å². The number of rotatable bonds is 3. The SMILES string of the molecule is Cc1c(NC2CCN(C)CC2)cccc1[N+](=O)[O-]. The molecule has 0 radical (unpaired) electrons. The van der Waals surface area contributed by atoms with Crippen molar-refractivity contribution in [3.05, 3.63) is 33.9 Å². The van der Waals surface area contributed by atoms with Crippen molar-refractivity contribution >= 4 is 11.4 Å². The smallest absolute Gasteiger partial charge is 0.274 e. The molecular weight excluding hydrogens is 230 g/mol. The van der Waals surface area contributed by atoms with Crippen molar-refractivity contribution in [2.24, 2.45) is 0 Å². The van der Waals surface area contributed by atoms with E-state index in [1.165, 1.54) is 0 Å². The van der Waals surface area contributed by atoms with Crippen LogP contribution in [0.1, 0.15) is 18.4 Å². The molecule has 1 fully saturated rings. The van der Waals surface area contributed by atoms with E-state index in [-0.39, 0.29) is 10.6 Å². The van der Waals surface area contributed by atoms with Crippen LogP contribution in [0.15, 0.2) is 18.2 Å². The number of piperidine rings is 1. The van der Waals surface area contributed by atoms with Crippen LogP contribution < -0.4 is 5.32 Å². The number of nitrogens with one attached hydrogen (secondary N) is 1. The van der Waals surface area contributed by atoms with Crippen molar-refractivity contribution < 1.29 is 4.92 Å². The topological polar surface area (TPSA) is 58.4 Å². The van der Waals surface area contributed by atoms with Crippen LogP contribution >= 0.6 is 0 Å². The van der Waals surface area contributed by atoms with Crippen LogP contribution in [0.4, 0.5) is 11.4 Å². The van der Waals surface area contributed by atoms with Crippen LogP contribution in [-0.4, -0.2) is 36.0 Å². The summed E-state index contributed by atoms with van der Waals surface area (Å²) in [5, 5.41) is 14.3. The molecule has 0 spiro atoms. The predicted molar refractivity (Wildman–Crippen MR) is 72.0 cm³/mol. The third-order valence-electron chi connectivity index (χ3n) is 3.58. The van der Waals surface area contributed by atoms with Gasteiger partial charge in [-0.2, -0.15) is 0 Å². The van der Waals surface area contributed by atoms with Crippen LogP contribution in [0.3, 0.4) is 0 Å². The van der Waals surface area contributed by atoms with E-state index >= 15 is 0 Å². The molecule has 0 unspecified atom stereocenters. The zero-order chi connectivity index (χ0) is 13.1. The Morgan fingerprint density at radius 2 is 2.06 bits per heavy atom. The van der Waals surface area contributed by atoms with E-state index in [2.05, 4.69) is 17.3 Å². The van der Waals surface area contributed by atoms with E-state index in [9.17, 15) is 10.1 Å². The highest BCUT2D eigenvalue weighted by Crippen LogP contribution is 2.26. The third kappa shape index (κ3) is 2.79. The molecule has 5 nitrogen and oxygen atoms in total. The van der Waals surface area contributed by atoms with Crippen molar-refractivity contribution in [1.82, 2.24) is 4.90 Å². The number of nitrogens with zero attached hydrogens (tertiary/aromatic N) is 2. The maximum Gasteiger partial charge on any atom is 0.274 e. The Balaban J connectivity index is 2.10. The molecule has 0 saturated carbocycles. The molecule has 1 aliphatic heterocycles. The molecule has 5 heteroatoms. The van der Waals surface area contributed by atoms with Crippen molar-refractivity contribution in [2.75, 3.05) is 25.5 Å². The Morgan fingerprint density at radius 1 is 1.39 bits per heavy atom. The molecule has 1 heterocycles. The summed E-state index contributed by atoms with van der Waals surface area (Å²) in [6, 6.07) is 5.63. The van der Waals surface area contributed by atoms with Gasteiger partial charge in [0.15, 0.2) is 0 Å². The number of anilines is 1. The van der Waals surface area contributed by atoms with Crippen molar-refractivity contribution in [2.45, 2.75) is 25.8 Å². The molecule has 0 amide bonds. The third-order valence-corrected chi connectivity index (χ3v) is 3.58. The lowest BCUT2D eigenvalue weighted by atomic mass is 10.0. The predicted octanol–water partition coefficient (Wildman–Crippen LogP) is 2.41. The summed E-state index contributed by atoms with van der Waals surface area (Å²) in [6.07, 6.45) is 2.16. The highest BCUT2D eigenvalue weighted by Gasteiger charge is 2.19. The highest BCUT2D eigenvalue weighted by molar-refractivity contribution is 5.60. The fourth-order valence-corrected chi connectivity index (χ4v) is 2.35. The van der Waals surface area contributed by atoms with Gasteiger partial charge in [0.05, 0.1) is 4.92 Å². The lowest BCUT2D eigenvalue weighted by Crippen LogP contribution is -2.36. The number of benzene rings is 1. The molecule has 98 valence electrons. The minimum absolute atomic E-state index is 0.188. The maximum atomic E-state index is 10.9. The van der Waals surface area contributed by atoms with E-state index in [1.54, 1.807) is 19.1 Å². The van der Waals surface area contributed by atoms with Crippen molar-refractivity contribution in [1.29, 1.82) is 0 Å².